The fourth-order valence-corrected chi connectivity index (χ4v) is 6.52. The van der Waals surface area contributed by atoms with Gasteiger partial charge >= 0.3 is 0 Å². The first-order chi connectivity index (χ1) is 18.3. The summed E-state index contributed by atoms with van der Waals surface area (Å²) in [4.78, 5) is 25.8. The molecule has 0 aromatic carbocycles. The molecule has 3 aliphatic rings. The van der Waals surface area contributed by atoms with Gasteiger partial charge in [0, 0.05) is 51.2 Å². The Morgan fingerprint density at radius 1 is 1.08 bits per heavy atom. The fraction of sp³-hybridized carbons (Fsp3) is 0.654. The standard InChI is InChI=1S/C26H33F4N5O2S/c27-19-8-21(28)22(31-11-19)12-32-24(36)23-13-33-25(38-23)34-6-3-20(4-7-34)35-5-1-2-17(14-35)15-37-16-18-9-26(29,30)10-18/h8,11,13,17-18,20H,1-7,9-10,12,14-16H2,(H,32,36). The topological polar surface area (TPSA) is 70.6 Å². The van der Waals surface area contributed by atoms with Crippen LogP contribution >= 0.6 is 11.3 Å². The van der Waals surface area contributed by atoms with E-state index in [4.69, 9.17) is 4.74 Å². The van der Waals surface area contributed by atoms with Crippen molar-refractivity contribution in [2.75, 3.05) is 44.3 Å². The van der Waals surface area contributed by atoms with Gasteiger partial charge in [0.1, 0.15) is 16.5 Å². The highest BCUT2D eigenvalue weighted by molar-refractivity contribution is 7.17. The third kappa shape index (κ3) is 6.81. The number of carbonyl (C=O) groups is 1. The second-order valence-electron chi connectivity index (χ2n) is 10.7. The molecule has 1 atom stereocenters. The molecule has 208 valence electrons. The van der Waals surface area contributed by atoms with Crippen LogP contribution in [0.15, 0.2) is 18.5 Å². The van der Waals surface area contributed by atoms with Crippen LogP contribution < -0.4 is 10.2 Å². The number of nitrogens with one attached hydrogen (secondary N) is 1. The highest BCUT2D eigenvalue weighted by atomic mass is 32.1. The molecule has 2 aromatic heterocycles. The number of anilines is 1. The predicted octanol–water partition coefficient (Wildman–Crippen LogP) is 4.49. The van der Waals surface area contributed by atoms with Crippen molar-refractivity contribution < 1.29 is 27.1 Å². The Bertz CT molecular complexity index is 1100. The molecule has 1 amide bonds. The van der Waals surface area contributed by atoms with E-state index in [1.54, 1.807) is 0 Å². The van der Waals surface area contributed by atoms with Crippen LogP contribution in [-0.4, -0.2) is 72.1 Å². The Balaban J connectivity index is 1.04. The van der Waals surface area contributed by atoms with E-state index in [1.807, 2.05) is 0 Å². The number of likely N-dealkylation sites (tertiary alicyclic amines) is 1. The number of pyridine rings is 1. The van der Waals surface area contributed by atoms with Crippen LogP contribution in [0.1, 0.15) is 53.9 Å². The first-order valence-electron chi connectivity index (χ1n) is 13.2. The lowest BCUT2D eigenvalue weighted by Gasteiger charge is -2.42. The number of hydrogen-bond donors (Lipinski definition) is 1. The van der Waals surface area contributed by atoms with Crippen LogP contribution in [0.25, 0.3) is 0 Å². The molecule has 0 spiro atoms. The summed E-state index contributed by atoms with van der Waals surface area (Å²) >= 11 is 1.30. The third-order valence-electron chi connectivity index (χ3n) is 7.70. The second-order valence-corrected chi connectivity index (χ2v) is 11.7. The van der Waals surface area contributed by atoms with Crippen LogP contribution in [0.4, 0.5) is 22.7 Å². The quantitative estimate of drug-likeness (QED) is 0.460. The Hall–Kier alpha value is -2.31. The number of ether oxygens (including phenoxy) is 1. The number of alkyl halides is 2. The van der Waals surface area contributed by atoms with Gasteiger partial charge < -0.3 is 15.0 Å². The van der Waals surface area contributed by atoms with Crippen LogP contribution in [0.5, 0.6) is 0 Å². The molecule has 1 unspecified atom stereocenters. The number of hydrogen-bond acceptors (Lipinski definition) is 7. The maximum absolute atomic E-state index is 13.8. The van der Waals surface area contributed by atoms with Gasteiger partial charge in [0.2, 0.25) is 5.92 Å². The van der Waals surface area contributed by atoms with E-state index in [0.29, 0.717) is 30.1 Å². The molecule has 2 aromatic rings. The summed E-state index contributed by atoms with van der Waals surface area (Å²) < 4.78 is 58.6. The molecule has 38 heavy (non-hydrogen) atoms. The maximum atomic E-state index is 13.8. The lowest BCUT2D eigenvalue weighted by Crippen LogP contribution is -2.49. The van der Waals surface area contributed by atoms with E-state index in [2.05, 4.69) is 25.1 Å². The molecule has 5 rings (SSSR count). The molecule has 7 nitrogen and oxygen atoms in total. The van der Waals surface area contributed by atoms with E-state index in [9.17, 15) is 22.4 Å². The SMILES string of the molecule is O=C(NCc1ncc(F)cc1F)c1cnc(N2CCC(N3CCCC(COCC4CC(F)(F)C4)C3)CC2)s1. The summed E-state index contributed by atoms with van der Waals surface area (Å²) in [5, 5.41) is 3.40. The fourth-order valence-electron chi connectivity index (χ4n) is 5.63. The highest BCUT2D eigenvalue weighted by Gasteiger charge is 2.45. The zero-order chi connectivity index (χ0) is 26.7. The van der Waals surface area contributed by atoms with Crippen molar-refractivity contribution in [2.45, 2.75) is 57.0 Å². The van der Waals surface area contributed by atoms with Gasteiger partial charge in [-0.15, -0.1) is 0 Å². The summed E-state index contributed by atoms with van der Waals surface area (Å²) in [5.74, 6) is -3.98. The molecule has 1 aliphatic carbocycles. The number of halogens is 4. The number of amides is 1. The van der Waals surface area contributed by atoms with Crippen molar-refractivity contribution in [3.05, 3.63) is 40.7 Å². The highest BCUT2D eigenvalue weighted by Crippen LogP contribution is 2.42. The summed E-state index contributed by atoms with van der Waals surface area (Å²) in [7, 11) is 0. The minimum Gasteiger partial charge on any atom is -0.381 e. The minimum atomic E-state index is -2.49. The van der Waals surface area contributed by atoms with Crippen molar-refractivity contribution >= 4 is 22.4 Å². The zero-order valence-corrected chi connectivity index (χ0v) is 22.0. The molecule has 4 heterocycles. The Labute approximate surface area is 223 Å². The minimum absolute atomic E-state index is 0.00119. The summed E-state index contributed by atoms with van der Waals surface area (Å²) in [6.07, 6.45) is 6.60. The molecular formula is C26H33F4N5O2S. The number of piperidine rings is 2. The van der Waals surface area contributed by atoms with E-state index >= 15 is 0 Å². The largest absolute Gasteiger partial charge is 0.381 e. The molecule has 0 bridgehead atoms. The lowest BCUT2D eigenvalue weighted by atomic mass is 9.82. The number of rotatable bonds is 9. The van der Waals surface area contributed by atoms with Crippen molar-refractivity contribution in [1.29, 1.82) is 0 Å². The Morgan fingerprint density at radius 2 is 1.84 bits per heavy atom. The summed E-state index contributed by atoms with van der Waals surface area (Å²) in [6, 6.07) is 1.22. The maximum Gasteiger partial charge on any atom is 0.263 e. The van der Waals surface area contributed by atoms with E-state index in [0.717, 1.165) is 69.3 Å². The van der Waals surface area contributed by atoms with Gasteiger partial charge in [0.15, 0.2) is 5.13 Å². The molecule has 2 aliphatic heterocycles. The van der Waals surface area contributed by atoms with Gasteiger partial charge in [-0.05, 0) is 44.1 Å². The average molecular weight is 556 g/mol. The average Bonchev–Trinajstić information content (AvgIpc) is 3.38. The zero-order valence-electron chi connectivity index (χ0n) is 21.2. The van der Waals surface area contributed by atoms with Gasteiger partial charge in [0.05, 0.1) is 31.2 Å². The normalized spacial score (nSPS) is 22.8. The molecule has 1 saturated carbocycles. The molecule has 0 radical (unpaired) electrons. The summed E-state index contributed by atoms with van der Waals surface area (Å²) in [5.41, 5.74) is -0.0268. The van der Waals surface area contributed by atoms with Crippen LogP contribution in [0.3, 0.4) is 0 Å². The van der Waals surface area contributed by atoms with Gasteiger partial charge in [-0.3, -0.25) is 14.7 Å². The van der Waals surface area contributed by atoms with Gasteiger partial charge in [-0.2, -0.15) is 0 Å². The Kier molecular flexibility index (Phi) is 8.49. The smallest absolute Gasteiger partial charge is 0.263 e. The van der Waals surface area contributed by atoms with Crippen molar-refractivity contribution in [3.8, 4) is 0 Å². The van der Waals surface area contributed by atoms with Crippen molar-refractivity contribution in [2.24, 2.45) is 11.8 Å². The number of carbonyl (C=O) groups excluding carboxylic acids is 1. The number of thiazole rings is 1. The molecule has 1 N–H and O–H groups in total. The second kappa shape index (κ2) is 11.8. The number of aromatic nitrogens is 2. The van der Waals surface area contributed by atoms with Crippen LogP contribution in [0.2, 0.25) is 0 Å². The van der Waals surface area contributed by atoms with E-state index in [1.165, 1.54) is 17.5 Å². The van der Waals surface area contributed by atoms with E-state index in [-0.39, 0.29) is 36.9 Å². The van der Waals surface area contributed by atoms with Gasteiger partial charge in [-0.1, -0.05) is 11.3 Å². The Morgan fingerprint density at radius 3 is 2.58 bits per heavy atom. The lowest BCUT2D eigenvalue weighted by molar-refractivity contribution is -0.130. The van der Waals surface area contributed by atoms with Crippen LogP contribution in [-0.2, 0) is 11.3 Å². The summed E-state index contributed by atoms with van der Waals surface area (Å²) in [6.45, 7) is 4.69. The molecular weight excluding hydrogens is 522 g/mol. The number of nitrogens with zero attached hydrogens (tertiary/aromatic N) is 4. The monoisotopic (exact) mass is 555 g/mol. The first-order valence-corrected chi connectivity index (χ1v) is 14.1. The van der Waals surface area contributed by atoms with Crippen molar-refractivity contribution in [1.82, 2.24) is 20.2 Å². The van der Waals surface area contributed by atoms with E-state index < -0.39 is 17.6 Å². The van der Waals surface area contributed by atoms with Gasteiger partial charge in [-0.25, -0.2) is 22.5 Å². The predicted molar refractivity (Wildman–Crippen MR) is 135 cm³/mol. The molecule has 3 fully saturated rings. The van der Waals surface area contributed by atoms with Crippen LogP contribution in [0, 0.1) is 23.5 Å². The third-order valence-corrected chi connectivity index (χ3v) is 8.76. The van der Waals surface area contributed by atoms with Crippen molar-refractivity contribution in [3.63, 3.8) is 0 Å². The molecule has 2 saturated heterocycles. The first kappa shape index (κ1) is 27.3. The van der Waals surface area contributed by atoms with Gasteiger partial charge in [0.25, 0.3) is 5.91 Å². The molecule has 12 heteroatoms.